The number of hydrogen-bond donors (Lipinski definition) is 2. The second-order valence-electron chi connectivity index (χ2n) is 6.59. The first kappa shape index (κ1) is 17.9. The van der Waals surface area contributed by atoms with Crippen molar-refractivity contribution in [3.8, 4) is 0 Å². The van der Waals surface area contributed by atoms with Gasteiger partial charge < -0.3 is 15.1 Å². The third-order valence-corrected chi connectivity index (χ3v) is 4.67. The van der Waals surface area contributed by atoms with E-state index in [1.807, 2.05) is 12.1 Å². The quantitative estimate of drug-likeness (QED) is 0.840. The molecule has 0 amide bonds. The van der Waals surface area contributed by atoms with Crippen molar-refractivity contribution in [1.29, 1.82) is 0 Å². The van der Waals surface area contributed by atoms with Gasteiger partial charge in [0, 0.05) is 38.4 Å². The highest BCUT2D eigenvalue weighted by Gasteiger charge is 2.19. The van der Waals surface area contributed by atoms with Gasteiger partial charge in [-0.05, 0) is 41.8 Å². The van der Waals surface area contributed by atoms with E-state index in [9.17, 15) is 9.50 Å². The van der Waals surface area contributed by atoms with Crippen molar-refractivity contribution in [3.63, 3.8) is 0 Å². The summed E-state index contributed by atoms with van der Waals surface area (Å²) in [6, 6.07) is 15.2. The van der Waals surface area contributed by atoms with Crippen molar-refractivity contribution in [3.05, 3.63) is 65.5 Å². The number of piperazine rings is 1. The zero-order chi connectivity index (χ0) is 17.6. The van der Waals surface area contributed by atoms with Crippen LogP contribution in [0.3, 0.4) is 0 Å². The first-order chi connectivity index (χ1) is 12.1. The Morgan fingerprint density at radius 1 is 0.880 bits per heavy atom. The Kier molecular flexibility index (Phi) is 6.02. The number of halogens is 1. The third kappa shape index (κ3) is 5.01. The van der Waals surface area contributed by atoms with E-state index < -0.39 is 6.10 Å². The third-order valence-electron chi connectivity index (χ3n) is 4.67. The average Bonchev–Trinajstić information content (AvgIpc) is 2.65. The highest BCUT2D eigenvalue weighted by molar-refractivity contribution is 5.48. The first-order valence-corrected chi connectivity index (χ1v) is 8.73. The van der Waals surface area contributed by atoms with Crippen LogP contribution in [-0.2, 0) is 6.42 Å². The normalized spacial score (nSPS) is 16.8. The Balaban J connectivity index is 1.53. The van der Waals surface area contributed by atoms with Crippen LogP contribution in [0.5, 0.6) is 0 Å². The summed E-state index contributed by atoms with van der Waals surface area (Å²) in [5.41, 5.74) is 3.51. The second-order valence-corrected chi connectivity index (χ2v) is 6.59. The van der Waals surface area contributed by atoms with Crippen LogP contribution in [0.2, 0.25) is 0 Å². The van der Waals surface area contributed by atoms with E-state index in [1.165, 1.54) is 23.4 Å². The Hall–Kier alpha value is -1.95. The molecule has 134 valence electrons. The van der Waals surface area contributed by atoms with E-state index in [-0.39, 0.29) is 12.4 Å². The van der Waals surface area contributed by atoms with Crippen LogP contribution in [0.1, 0.15) is 11.1 Å². The van der Waals surface area contributed by atoms with E-state index in [0.717, 1.165) is 38.2 Å². The van der Waals surface area contributed by atoms with Crippen molar-refractivity contribution in [2.75, 3.05) is 44.2 Å². The van der Waals surface area contributed by atoms with E-state index in [2.05, 4.69) is 34.1 Å². The lowest BCUT2D eigenvalue weighted by atomic mass is 10.0. The van der Waals surface area contributed by atoms with Gasteiger partial charge in [-0.1, -0.05) is 24.3 Å². The van der Waals surface area contributed by atoms with Gasteiger partial charge >= 0.3 is 0 Å². The summed E-state index contributed by atoms with van der Waals surface area (Å²) < 4.78 is 13.0. The molecule has 1 saturated heterocycles. The van der Waals surface area contributed by atoms with Crippen LogP contribution in [-0.4, -0.2) is 60.5 Å². The van der Waals surface area contributed by atoms with Crippen LogP contribution < -0.4 is 4.90 Å². The van der Waals surface area contributed by atoms with E-state index in [1.54, 1.807) is 0 Å². The molecular weight excluding hydrogens is 319 g/mol. The molecule has 1 heterocycles. The summed E-state index contributed by atoms with van der Waals surface area (Å²) in [7, 11) is 0. The monoisotopic (exact) mass is 344 g/mol. The maximum Gasteiger partial charge on any atom is 0.123 e. The van der Waals surface area contributed by atoms with Crippen molar-refractivity contribution >= 4 is 5.69 Å². The Labute approximate surface area is 148 Å². The lowest BCUT2D eigenvalue weighted by molar-refractivity contribution is 0.0575. The molecule has 2 N–H and O–H groups in total. The molecule has 0 spiro atoms. The smallest absolute Gasteiger partial charge is 0.123 e. The van der Waals surface area contributed by atoms with Gasteiger partial charge in [0.25, 0.3) is 0 Å². The fourth-order valence-electron chi connectivity index (χ4n) is 3.21. The Bertz CT molecular complexity index is 652. The molecule has 0 unspecified atom stereocenters. The van der Waals surface area contributed by atoms with Crippen molar-refractivity contribution < 1.29 is 14.6 Å². The molecule has 1 aliphatic heterocycles. The molecule has 0 aromatic heterocycles. The number of anilines is 1. The SMILES string of the molecule is OC[C@@H](O)CN1CCN(c2ccc(Cc3ccc(F)cc3)cc2)CC1. The highest BCUT2D eigenvalue weighted by atomic mass is 19.1. The Morgan fingerprint density at radius 2 is 1.44 bits per heavy atom. The second kappa shape index (κ2) is 8.43. The summed E-state index contributed by atoms with van der Waals surface area (Å²) >= 11 is 0. The number of aliphatic hydroxyl groups is 2. The zero-order valence-corrected chi connectivity index (χ0v) is 14.3. The van der Waals surface area contributed by atoms with E-state index in [4.69, 9.17) is 5.11 Å². The Morgan fingerprint density at radius 3 is 2.00 bits per heavy atom. The summed E-state index contributed by atoms with van der Waals surface area (Å²) in [5.74, 6) is -0.204. The molecule has 4 nitrogen and oxygen atoms in total. The van der Waals surface area contributed by atoms with Gasteiger partial charge in [0.2, 0.25) is 0 Å². The van der Waals surface area contributed by atoms with Crippen LogP contribution in [0, 0.1) is 5.82 Å². The van der Waals surface area contributed by atoms with Crippen LogP contribution in [0.25, 0.3) is 0 Å². The topological polar surface area (TPSA) is 46.9 Å². The lowest BCUT2D eigenvalue weighted by Gasteiger charge is -2.36. The van der Waals surface area contributed by atoms with Gasteiger partial charge in [0.15, 0.2) is 0 Å². The minimum Gasteiger partial charge on any atom is -0.394 e. The van der Waals surface area contributed by atoms with Gasteiger partial charge in [0.05, 0.1) is 12.7 Å². The van der Waals surface area contributed by atoms with E-state index in [0.29, 0.717) is 6.54 Å². The summed E-state index contributed by atoms with van der Waals surface area (Å²) in [4.78, 5) is 4.52. The number of β-amino-alcohol motifs (C(OH)–C–C–N with tert-alkyl or cyclic N) is 1. The molecule has 1 aliphatic rings. The predicted octanol–water partition coefficient (Wildman–Crippen LogP) is 1.89. The zero-order valence-electron chi connectivity index (χ0n) is 14.3. The highest BCUT2D eigenvalue weighted by Crippen LogP contribution is 2.19. The number of nitrogens with zero attached hydrogens (tertiary/aromatic N) is 2. The molecule has 25 heavy (non-hydrogen) atoms. The van der Waals surface area contributed by atoms with Crippen LogP contribution in [0.4, 0.5) is 10.1 Å². The molecule has 0 radical (unpaired) electrons. The summed E-state index contributed by atoms with van der Waals surface area (Å²) in [6.45, 7) is 3.93. The largest absolute Gasteiger partial charge is 0.394 e. The molecular formula is C20H25FN2O2. The van der Waals surface area contributed by atoms with Gasteiger partial charge in [-0.3, -0.25) is 4.90 Å². The van der Waals surface area contributed by atoms with E-state index >= 15 is 0 Å². The van der Waals surface area contributed by atoms with Crippen LogP contribution in [0.15, 0.2) is 48.5 Å². The maximum atomic E-state index is 13.0. The molecule has 2 aromatic rings. The molecule has 2 aromatic carbocycles. The minimum absolute atomic E-state index is 0.185. The molecule has 3 rings (SSSR count). The molecule has 1 fully saturated rings. The standard InChI is InChI=1S/C20H25FN2O2/c21-18-5-1-16(2-6-18)13-17-3-7-19(8-4-17)23-11-9-22(10-12-23)14-20(25)15-24/h1-8,20,24-25H,9-15H2/t20-/m0/s1. The predicted molar refractivity (Wildman–Crippen MR) is 97.4 cm³/mol. The molecule has 0 saturated carbocycles. The molecule has 1 atom stereocenters. The number of rotatable bonds is 6. The fourth-order valence-corrected chi connectivity index (χ4v) is 3.21. The lowest BCUT2D eigenvalue weighted by Crippen LogP contribution is -2.49. The minimum atomic E-state index is -0.655. The fraction of sp³-hybridized carbons (Fsp3) is 0.400. The van der Waals surface area contributed by atoms with Crippen LogP contribution >= 0.6 is 0 Å². The summed E-state index contributed by atoms with van der Waals surface area (Å²) in [5, 5.41) is 18.5. The molecule has 0 bridgehead atoms. The van der Waals surface area contributed by atoms with Crippen molar-refractivity contribution in [2.24, 2.45) is 0 Å². The van der Waals surface area contributed by atoms with Crippen molar-refractivity contribution in [2.45, 2.75) is 12.5 Å². The average molecular weight is 344 g/mol. The van der Waals surface area contributed by atoms with Gasteiger partial charge in [-0.25, -0.2) is 4.39 Å². The molecule has 5 heteroatoms. The van der Waals surface area contributed by atoms with Crippen molar-refractivity contribution in [1.82, 2.24) is 4.90 Å². The molecule has 0 aliphatic carbocycles. The number of benzene rings is 2. The summed E-state index contributed by atoms with van der Waals surface area (Å²) in [6.07, 6.45) is 0.144. The number of hydrogen-bond acceptors (Lipinski definition) is 4. The van der Waals surface area contributed by atoms with Gasteiger partial charge in [-0.2, -0.15) is 0 Å². The number of aliphatic hydroxyl groups excluding tert-OH is 2. The first-order valence-electron chi connectivity index (χ1n) is 8.73. The van der Waals surface area contributed by atoms with Gasteiger partial charge in [-0.15, -0.1) is 0 Å². The van der Waals surface area contributed by atoms with Gasteiger partial charge in [0.1, 0.15) is 5.82 Å². The maximum absolute atomic E-state index is 13.0.